The molecule has 2 rings (SSSR count). The summed E-state index contributed by atoms with van der Waals surface area (Å²) in [5, 5.41) is 4.41. The lowest BCUT2D eigenvalue weighted by Crippen LogP contribution is -2.27. The van der Waals surface area contributed by atoms with Gasteiger partial charge in [-0.25, -0.2) is 9.98 Å². The molecule has 6 nitrogen and oxygen atoms in total. The Morgan fingerprint density at radius 3 is 2.68 bits per heavy atom. The molecule has 1 heterocycles. The van der Waals surface area contributed by atoms with Gasteiger partial charge in [0.25, 0.3) is 0 Å². The first-order chi connectivity index (χ1) is 16.4. The van der Waals surface area contributed by atoms with Crippen molar-refractivity contribution in [2.75, 3.05) is 33.9 Å². The van der Waals surface area contributed by atoms with E-state index in [9.17, 15) is 0 Å². The van der Waals surface area contributed by atoms with E-state index in [0.717, 1.165) is 55.9 Å². The van der Waals surface area contributed by atoms with Crippen LogP contribution in [0, 0.1) is 13.8 Å². The van der Waals surface area contributed by atoms with Gasteiger partial charge in [-0.05, 0) is 51.0 Å². The first-order valence-electron chi connectivity index (χ1n) is 11.3. The molecule has 0 aliphatic rings. The Balaban J connectivity index is 2.46. The maximum Gasteiger partial charge on any atom is 0.133 e. The second kappa shape index (κ2) is 14.3. The van der Waals surface area contributed by atoms with Gasteiger partial charge in [0, 0.05) is 60.4 Å². The number of nitrogens with one attached hydrogen (secondary N) is 1. The third-order valence-corrected chi connectivity index (χ3v) is 5.93. The van der Waals surface area contributed by atoms with Crippen LogP contribution in [-0.4, -0.2) is 50.4 Å². The van der Waals surface area contributed by atoms with Gasteiger partial charge in [0.2, 0.25) is 0 Å². The van der Waals surface area contributed by atoms with Gasteiger partial charge in [-0.2, -0.15) is 0 Å². The number of benzene rings is 1. The van der Waals surface area contributed by atoms with Crippen molar-refractivity contribution in [3.05, 3.63) is 70.9 Å². The van der Waals surface area contributed by atoms with Crippen molar-refractivity contribution < 1.29 is 9.47 Å². The summed E-state index contributed by atoms with van der Waals surface area (Å²) in [4.78, 5) is 14.6. The number of rotatable bonds is 12. The highest BCUT2D eigenvalue weighted by molar-refractivity contribution is 7.14. The first-order valence-corrected chi connectivity index (χ1v) is 12.2. The summed E-state index contributed by atoms with van der Waals surface area (Å²) >= 11 is 1.66. The molecule has 1 aromatic carbocycles. The fourth-order valence-electron chi connectivity index (χ4n) is 2.94. The second-order valence-electron chi connectivity index (χ2n) is 7.75. The topological polar surface area (TPSA) is 68.1 Å². The standard InChI is InChI=1S/C27H36N4O2S/c1-8-9-12-29-26(30-17-19(2)10-11-20(3)28-6)24-15-23(27-31-18-21(4)34-27)16-25(22(24)5)33-14-13-32-7/h9-12,15-16,18H,2,8,13-14,17H2,1,3-7H3,(H,29,30)/b11-10-,12-9+,28-20-. The Hall–Kier alpha value is -3.03. The number of aliphatic imine (C=N–C) groups is 2. The van der Waals surface area contributed by atoms with Crippen molar-refractivity contribution in [1.82, 2.24) is 10.3 Å². The number of methoxy groups -OCH3 is 1. The molecule has 0 spiro atoms. The molecule has 1 aromatic heterocycles. The van der Waals surface area contributed by atoms with Crippen molar-refractivity contribution >= 4 is 22.9 Å². The average molecular weight is 481 g/mol. The third kappa shape index (κ3) is 8.39. The molecule has 2 aromatic rings. The number of aromatic nitrogens is 1. The SMILES string of the molecule is C=C(/C=C\C(C)=N/C)CN/C(=N/C=C/CC)c1cc(-c2ncc(C)s2)cc(OCCOC)c1C. The molecule has 0 amide bonds. The molecule has 0 aliphatic carbocycles. The van der Waals surface area contributed by atoms with E-state index in [0.29, 0.717) is 19.8 Å². The highest BCUT2D eigenvalue weighted by Gasteiger charge is 2.16. The number of thiazole rings is 1. The third-order valence-electron chi connectivity index (χ3n) is 4.97. The van der Waals surface area contributed by atoms with E-state index in [2.05, 4.69) is 41.8 Å². The summed E-state index contributed by atoms with van der Waals surface area (Å²) in [5.41, 5.74) is 4.83. The summed E-state index contributed by atoms with van der Waals surface area (Å²) in [6.07, 6.45) is 10.6. The number of ether oxygens (including phenoxy) is 2. The second-order valence-corrected chi connectivity index (χ2v) is 8.98. The molecule has 34 heavy (non-hydrogen) atoms. The van der Waals surface area contributed by atoms with Crippen LogP contribution in [0.1, 0.15) is 36.3 Å². The zero-order valence-electron chi connectivity index (χ0n) is 21.1. The van der Waals surface area contributed by atoms with Crippen molar-refractivity contribution in [3.63, 3.8) is 0 Å². The van der Waals surface area contributed by atoms with E-state index in [1.807, 2.05) is 50.5 Å². The molecule has 0 radical (unpaired) electrons. The number of aryl methyl sites for hydroxylation is 1. The van der Waals surface area contributed by atoms with Gasteiger partial charge in [-0.15, -0.1) is 11.3 Å². The molecule has 0 atom stereocenters. The number of hydrogen-bond donors (Lipinski definition) is 1. The predicted octanol–water partition coefficient (Wildman–Crippen LogP) is 5.92. The molecule has 0 saturated heterocycles. The van der Waals surface area contributed by atoms with Gasteiger partial charge in [0.05, 0.1) is 6.61 Å². The van der Waals surface area contributed by atoms with E-state index < -0.39 is 0 Å². The van der Waals surface area contributed by atoms with Crippen LogP contribution < -0.4 is 10.1 Å². The lowest BCUT2D eigenvalue weighted by atomic mass is 10.0. The molecular weight excluding hydrogens is 444 g/mol. The van der Waals surface area contributed by atoms with E-state index in [1.54, 1.807) is 25.5 Å². The zero-order valence-corrected chi connectivity index (χ0v) is 22.0. The van der Waals surface area contributed by atoms with Gasteiger partial charge in [0.15, 0.2) is 0 Å². The number of amidine groups is 1. The lowest BCUT2D eigenvalue weighted by Gasteiger charge is -2.17. The van der Waals surface area contributed by atoms with Crippen molar-refractivity contribution in [2.45, 2.75) is 34.1 Å². The Labute approximate surface area is 207 Å². The van der Waals surface area contributed by atoms with E-state index in [1.165, 1.54) is 0 Å². The normalized spacial score (nSPS) is 12.6. The molecule has 1 N–H and O–H groups in total. The summed E-state index contributed by atoms with van der Waals surface area (Å²) in [5.74, 6) is 1.55. The van der Waals surface area contributed by atoms with E-state index in [4.69, 9.17) is 14.5 Å². The van der Waals surface area contributed by atoms with Crippen LogP contribution in [0.15, 0.2) is 64.9 Å². The summed E-state index contributed by atoms with van der Waals surface area (Å²) in [6.45, 7) is 13.8. The Kier molecular flexibility index (Phi) is 11.4. The predicted molar refractivity (Wildman–Crippen MR) is 146 cm³/mol. The molecule has 0 unspecified atom stereocenters. The minimum atomic E-state index is 0.465. The maximum absolute atomic E-state index is 6.07. The molecule has 0 fully saturated rings. The van der Waals surface area contributed by atoms with Crippen molar-refractivity contribution in [1.29, 1.82) is 0 Å². The maximum atomic E-state index is 6.07. The van der Waals surface area contributed by atoms with Crippen LogP contribution in [0.5, 0.6) is 5.75 Å². The minimum Gasteiger partial charge on any atom is -0.491 e. The van der Waals surface area contributed by atoms with Crippen LogP contribution >= 0.6 is 11.3 Å². The number of hydrogen-bond acceptors (Lipinski definition) is 6. The molecular formula is C27H36N4O2S. The van der Waals surface area contributed by atoms with Gasteiger partial charge in [0.1, 0.15) is 23.2 Å². The number of allylic oxidation sites excluding steroid dienone is 2. The Morgan fingerprint density at radius 2 is 2.03 bits per heavy atom. The van der Waals surface area contributed by atoms with Gasteiger partial charge >= 0.3 is 0 Å². The van der Waals surface area contributed by atoms with Crippen LogP contribution in [0.4, 0.5) is 0 Å². The van der Waals surface area contributed by atoms with Crippen LogP contribution in [0.25, 0.3) is 10.6 Å². The molecule has 0 saturated carbocycles. The summed E-state index contributed by atoms with van der Waals surface area (Å²) in [7, 11) is 3.44. The summed E-state index contributed by atoms with van der Waals surface area (Å²) < 4.78 is 11.2. The van der Waals surface area contributed by atoms with Crippen molar-refractivity contribution in [2.24, 2.45) is 9.98 Å². The smallest absolute Gasteiger partial charge is 0.133 e. The number of nitrogens with zero attached hydrogens (tertiary/aromatic N) is 3. The van der Waals surface area contributed by atoms with Crippen LogP contribution in [-0.2, 0) is 4.74 Å². The highest BCUT2D eigenvalue weighted by atomic mass is 32.1. The average Bonchev–Trinajstić information content (AvgIpc) is 3.27. The Morgan fingerprint density at radius 1 is 1.24 bits per heavy atom. The van der Waals surface area contributed by atoms with Crippen LogP contribution in [0.2, 0.25) is 0 Å². The van der Waals surface area contributed by atoms with Gasteiger partial charge < -0.3 is 14.8 Å². The minimum absolute atomic E-state index is 0.465. The fraction of sp³-hybridized carbons (Fsp3) is 0.370. The summed E-state index contributed by atoms with van der Waals surface area (Å²) in [6, 6.07) is 4.16. The molecule has 182 valence electrons. The first kappa shape index (κ1) is 27.2. The van der Waals surface area contributed by atoms with Crippen molar-refractivity contribution in [3.8, 4) is 16.3 Å². The molecule has 0 bridgehead atoms. The van der Waals surface area contributed by atoms with Crippen LogP contribution in [0.3, 0.4) is 0 Å². The fourth-order valence-corrected chi connectivity index (χ4v) is 3.69. The zero-order chi connectivity index (χ0) is 24.9. The van der Waals surface area contributed by atoms with E-state index in [-0.39, 0.29) is 0 Å². The van der Waals surface area contributed by atoms with E-state index >= 15 is 0 Å². The largest absolute Gasteiger partial charge is 0.491 e. The van der Waals surface area contributed by atoms with Gasteiger partial charge in [-0.1, -0.05) is 25.7 Å². The van der Waals surface area contributed by atoms with Gasteiger partial charge in [-0.3, -0.25) is 4.99 Å². The monoisotopic (exact) mass is 480 g/mol. The molecule has 7 heteroatoms. The molecule has 0 aliphatic heterocycles. The quantitative estimate of drug-likeness (QED) is 0.177. The highest BCUT2D eigenvalue weighted by Crippen LogP contribution is 2.32. The lowest BCUT2D eigenvalue weighted by molar-refractivity contribution is 0.146. The Bertz CT molecular complexity index is 1080.